The van der Waals surface area contributed by atoms with Crippen molar-refractivity contribution in [3.05, 3.63) is 0 Å². The number of urea groups is 1. The molecule has 0 aromatic rings. The number of rotatable bonds is 5. The molecule has 1 aliphatic heterocycles. The summed E-state index contributed by atoms with van der Waals surface area (Å²) in [7, 11) is 1.43. The van der Waals surface area contributed by atoms with Crippen molar-refractivity contribution in [3.8, 4) is 0 Å². The van der Waals surface area contributed by atoms with E-state index in [1.165, 1.54) is 7.05 Å². The number of carboxylic acids is 1. The van der Waals surface area contributed by atoms with Gasteiger partial charge in [0.2, 0.25) is 5.91 Å². The Labute approximate surface area is 112 Å². The topological polar surface area (TPSA) is 98.7 Å². The minimum Gasteiger partial charge on any atom is -0.480 e. The molecule has 0 aromatic heterocycles. The summed E-state index contributed by atoms with van der Waals surface area (Å²) in [4.78, 5) is 35.7. The second-order valence-electron chi connectivity index (χ2n) is 4.66. The molecule has 1 heterocycles. The van der Waals surface area contributed by atoms with Crippen LogP contribution in [0.2, 0.25) is 0 Å². The third-order valence-corrected chi connectivity index (χ3v) is 3.70. The molecule has 108 valence electrons. The molecule has 7 nitrogen and oxygen atoms in total. The van der Waals surface area contributed by atoms with E-state index in [0.29, 0.717) is 25.9 Å². The average Bonchev–Trinajstić information content (AvgIpc) is 2.80. The van der Waals surface area contributed by atoms with Crippen molar-refractivity contribution in [2.24, 2.45) is 0 Å². The summed E-state index contributed by atoms with van der Waals surface area (Å²) >= 11 is 0. The molecule has 1 unspecified atom stereocenters. The number of amides is 3. The molecule has 1 saturated heterocycles. The molecule has 0 spiro atoms. The fourth-order valence-electron chi connectivity index (χ4n) is 2.54. The van der Waals surface area contributed by atoms with E-state index in [2.05, 4.69) is 10.6 Å². The Kier molecular flexibility index (Phi) is 5.29. The molecule has 0 bridgehead atoms. The van der Waals surface area contributed by atoms with E-state index in [-0.39, 0.29) is 6.42 Å². The van der Waals surface area contributed by atoms with Crippen molar-refractivity contribution in [2.75, 3.05) is 20.1 Å². The maximum Gasteiger partial charge on any atom is 0.324 e. The minimum absolute atomic E-state index is 0.114. The van der Waals surface area contributed by atoms with Gasteiger partial charge < -0.3 is 10.4 Å². The van der Waals surface area contributed by atoms with Gasteiger partial charge >= 0.3 is 12.0 Å². The molecule has 1 aliphatic rings. The Hall–Kier alpha value is -1.63. The number of aliphatic carboxylic acids is 1. The quantitative estimate of drug-likeness (QED) is 0.661. The molecule has 1 fully saturated rings. The molecule has 19 heavy (non-hydrogen) atoms. The highest BCUT2D eigenvalue weighted by Crippen LogP contribution is 2.32. The van der Waals surface area contributed by atoms with Crippen LogP contribution in [-0.4, -0.2) is 53.6 Å². The Morgan fingerprint density at radius 2 is 2.05 bits per heavy atom. The second-order valence-corrected chi connectivity index (χ2v) is 4.66. The first kappa shape index (κ1) is 15.4. The van der Waals surface area contributed by atoms with Gasteiger partial charge in [-0.15, -0.1) is 0 Å². The molecular formula is C12H21N3O4. The monoisotopic (exact) mass is 271 g/mol. The number of likely N-dealkylation sites (tertiary alicyclic amines) is 1. The number of carbonyl (C=O) groups excluding carboxylic acids is 2. The van der Waals surface area contributed by atoms with E-state index in [0.717, 1.165) is 6.42 Å². The standard InChI is InChI=1S/C12H21N3O4/c1-3-12(10(17)18)6-4-7-15(12)8-5-9(16)14-11(19)13-2/h3-8H2,1-2H3,(H,17,18)(H2,13,14,16,19). The van der Waals surface area contributed by atoms with Gasteiger partial charge in [0.15, 0.2) is 0 Å². The first-order chi connectivity index (χ1) is 8.96. The van der Waals surface area contributed by atoms with Crippen LogP contribution in [0, 0.1) is 0 Å². The zero-order chi connectivity index (χ0) is 14.5. The Morgan fingerprint density at radius 3 is 2.58 bits per heavy atom. The van der Waals surface area contributed by atoms with Crippen molar-refractivity contribution >= 4 is 17.9 Å². The summed E-state index contributed by atoms with van der Waals surface area (Å²) in [6.07, 6.45) is 2.05. The van der Waals surface area contributed by atoms with E-state index >= 15 is 0 Å². The highest BCUT2D eigenvalue weighted by atomic mass is 16.4. The summed E-state index contributed by atoms with van der Waals surface area (Å²) in [6, 6.07) is -0.550. The molecule has 0 aliphatic carbocycles. The van der Waals surface area contributed by atoms with Gasteiger partial charge in [-0.2, -0.15) is 0 Å². The largest absolute Gasteiger partial charge is 0.480 e. The van der Waals surface area contributed by atoms with Crippen molar-refractivity contribution < 1.29 is 19.5 Å². The van der Waals surface area contributed by atoms with E-state index in [9.17, 15) is 19.5 Å². The maximum absolute atomic E-state index is 11.5. The van der Waals surface area contributed by atoms with Crippen LogP contribution in [0.25, 0.3) is 0 Å². The summed E-state index contributed by atoms with van der Waals surface area (Å²) in [5.41, 5.74) is -0.854. The van der Waals surface area contributed by atoms with Gasteiger partial charge in [-0.05, 0) is 25.8 Å². The summed E-state index contributed by atoms with van der Waals surface area (Å²) in [5, 5.41) is 13.8. The van der Waals surface area contributed by atoms with Gasteiger partial charge in [-0.25, -0.2) is 4.79 Å². The number of imide groups is 1. The molecule has 1 rings (SSSR count). The van der Waals surface area contributed by atoms with Crippen LogP contribution in [0.15, 0.2) is 0 Å². The number of hydrogen-bond acceptors (Lipinski definition) is 4. The van der Waals surface area contributed by atoms with Crippen molar-refractivity contribution in [1.29, 1.82) is 0 Å². The molecule has 7 heteroatoms. The van der Waals surface area contributed by atoms with Crippen LogP contribution in [0.1, 0.15) is 32.6 Å². The van der Waals surface area contributed by atoms with Crippen LogP contribution in [0.5, 0.6) is 0 Å². The van der Waals surface area contributed by atoms with Gasteiger partial charge in [-0.1, -0.05) is 6.92 Å². The van der Waals surface area contributed by atoms with Crippen molar-refractivity contribution in [2.45, 2.75) is 38.1 Å². The number of carboxylic acid groups (broad SMARTS) is 1. The lowest BCUT2D eigenvalue weighted by Crippen LogP contribution is -2.51. The lowest BCUT2D eigenvalue weighted by atomic mass is 9.93. The minimum atomic E-state index is -0.854. The van der Waals surface area contributed by atoms with Crippen LogP contribution in [0.3, 0.4) is 0 Å². The molecule has 3 amide bonds. The van der Waals surface area contributed by atoms with E-state index < -0.39 is 23.4 Å². The number of carbonyl (C=O) groups is 3. The van der Waals surface area contributed by atoms with Crippen molar-refractivity contribution in [1.82, 2.24) is 15.5 Å². The van der Waals surface area contributed by atoms with E-state index in [1.54, 1.807) is 0 Å². The summed E-state index contributed by atoms with van der Waals surface area (Å²) < 4.78 is 0. The van der Waals surface area contributed by atoms with Crippen LogP contribution in [-0.2, 0) is 9.59 Å². The van der Waals surface area contributed by atoms with Gasteiger partial charge in [0.25, 0.3) is 0 Å². The average molecular weight is 271 g/mol. The van der Waals surface area contributed by atoms with E-state index in [4.69, 9.17) is 0 Å². The van der Waals surface area contributed by atoms with Crippen LogP contribution < -0.4 is 10.6 Å². The summed E-state index contributed by atoms with van der Waals surface area (Å²) in [6.45, 7) is 2.87. The molecule has 0 aromatic carbocycles. The third kappa shape index (κ3) is 3.44. The normalized spacial score (nSPS) is 23.1. The van der Waals surface area contributed by atoms with E-state index in [1.807, 2.05) is 11.8 Å². The maximum atomic E-state index is 11.5. The second kappa shape index (κ2) is 6.51. The third-order valence-electron chi connectivity index (χ3n) is 3.70. The molecule has 0 saturated carbocycles. The first-order valence-electron chi connectivity index (χ1n) is 6.46. The molecule has 1 atom stereocenters. The SMILES string of the molecule is CCC1(C(=O)O)CCCN1CCC(=O)NC(=O)NC. The van der Waals surface area contributed by atoms with Gasteiger partial charge in [0.1, 0.15) is 5.54 Å². The lowest BCUT2D eigenvalue weighted by molar-refractivity contribution is -0.150. The lowest BCUT2D eigenvalue weighted by Gasteiger charge is -2.33. The van der Waals surface area contributed by atoms with Gasteiger partial charge in [0, 0.05) is 20.0 Å². The molecule has 3 N–H and O–H groups in total. The Bertz CT molecular complexity index is 372. The molecule has 0 radical (unpaired) electrons. The highest BCUT2D eigenvalue weighted by molar-refractivity contribution is 5.94. The zero-order valence-electron chi connectivity index (χ0n) is 11.4. The number of hydrogen-bond donors (Lipinski definition) is 3. The smallest absolute Gasteiger partial charge is 0.324 e. The summed E-state index contributed by atoms with van der Waals surface area (Å²) in [5.74, 6) is -1.24. The Morgan fingerprint density at radius 1 is 1.37 bits per heavy atom. The Balaban J connectivity index is 2.54. The predicted octanol–water partition coefficient (Wildman–Crippen LogP) is 0.161. The fraction of sp³-hybridized carbons (Fsp3) is 0.750. The van der Waals surface area contributed by atoms with Gasteiger partial charge in [0.05, 0.1) is 0 Å². The van der Waals surface area contributed by atoms with Crippen LogP contribution >= 0.6 is 0 Å². The highest BCUT2D eigenvalue weighted by Gasteiger charge is 2.45. The van der Waals surface area contributed by atoms with Crippen molar-refractivity contribution in [3.63, 3.8) is 0 Å². The fourth-order valence-corrected chi connectivity index (χ4v) is 2.54. The van der Waals surface area contributed by atoms with Crippen LogP contribution in [0.4, 0.5) is 4.79 Å². The number of nitrogens with zero attached hydrogens (tertiary/aromatic N) is 1. The zero-order valence-corrected chi connectivity index (χ0v) is 11.4. The van der Waals surface area contributed by atoms with Gasteiger partial charge in [-0.3, -0.25) is 19.8 Å². The number of nitrogens with one attached hydrogen (secondary N) is 2. The first-order valence-corrected chi connectivity index (χ1v) is 6.46. The molecular weight excluding hydrogens is 250 g/mol. The predicted molar refractivity (Wildman–Crippen MR) is 68.7 cm³/mol.